The van der Waals surface area contributed by atoms with E-state index in [1.165, 1.54) is 0 Å². The van der Waals surface area contributed by atoms with E-state index in [-0.39, 0.29) is 30.3 Å². The summed E-state index contributed by atoms with van der Waals surface area (Å²) in [5.41, 5.74) is 1.75. The molecule has 1 saturated carbocycles. The average Bonchev–Trinajstić information content (AvgIpc) is 3.56. The van der Waals surface area contributed by atoms with Crippen molar-refractivity contribution in [3.63, 3.8) is 0 Å². The number of carbonyl (C=O) groups excluding carboxylic acids is 4. The molecule has 172 valence electrons. The van der Waals surface area contributed by atoms with Crippen molar-refractivity contribution in [1.29, 1.82) is 0 Å². The van der Waals surface area contributed by atoms with Crippen molar-refractivity contribution in [2.24, 2.45) is 5.41 Å². The lowest BCUT2D eigenvalue weighted by atomic mass is 9.95. The van der Waals surface area contributed by atoms with Gasteiger partial charge in [-0.05, 0) is 42.7 Å². The highest BCUT2D eigenvalue weighted by atomic mass is 16.2. The van der Waals surface area contributed by atoms with E-state index in [1.807, 2.05) is 20.8 Å². The Morgan fingerprint density at radius 2 is 1.64 bits per heavy atom. The Kier molecular flexibility index (Phi) is 5.93. The highest BCUT2D eigenvalue weighted by Gasteiger charge is 2.47. The Balaban J connectivity index is 1.37. The second-order valence-corrected chi connectivity index (χ2v) is 9.48. The molecule has 0 spiro atoms. The first-order chi connectivity index (χ1) is 15.6. The molecule has 33 heavy (non-hydrogen) atoms. The van der Waals surface area contributed by atoms with Crippen LogP contribution in [0.2, 0.25) is 0 Å². The monoisotopic (exact) mass is 448 g/mol. The molecule has 1 atom stereocenters. The number of nitrogens with one attached hydrogen (secondary N) is 3. The molecule has 4 rings (SSSR count). The Labute approximate surface area is 192 Å². The van der Waals surface area contributed by atoms with Gasteiger partial charge in [0.05, 0.1) is 6.54 Å². The van der Waals surface area contributed by atoms with Crippen LogP contribution in [0, 0.1) is 5.41 Å². The van der Waals surface area contributed by atoms with Gasteiger partial charge in [-0.3, -0.25) is 19.2 Å². The molecule has 1 aliphatic carbocycles. The molecule has 2 aliphatic rings. The number of anilines is 2. The minimum Gasteiger partial charge on any atom is -0.345 e. The molecule has 2 aromatic rings. The Bertz CT molecular complexity index is 1120. The molecule has 3 N–H and O–H groups in total. The molecular formula is C25H28N4O4. The summed E-state index contributed by atoms with van der Waals surface area (Å²) in [5, 5.41) is 8.22. The van der Waals surface area contributed by atoms with Crippen LogP contribution in [-0.2, 0) is 14.4 Å². The first-order valence-corrected chi connectivity index (χ1v) is 11.1. The smallest absolute Gasteiger partial charge is 0.255 e. The van der Waals surface area contributed by atoms with Crippen LogP contribution in [0.15, 0.2) is 48.5 Å². The molecule has 0 radical (unpaired) electrons. The number of amides is 4. The molecule has 0 bridgehead atoms. The first-order valence-electron chi connectivity index (χ1n) is 11.1. The van der Waals surface area contributed by atoms with Crippen molar-refractivity contribution >= 4 is 35.0 Å². The van der Waals surface area contributed by atoms with Gasteiger partial charge in [-0.25, -0.2) is 0 Å². The zero-order chi connectivity index (χ0) is 23.8. The van der Waals surface area contributed by atoms with E-state index in [2.05, 4.69) is 16.0 Å². The number of benzene rings is 2. The van der Waals surface area contributed by atoms with Gasteiger partial charge < -0.3 is 20.9 Å². The first kappa shape index (κ1) is 22.5. The van der Waals surface area contributed by atoms with Crippen molar-refractivity contribution in [3.05, 3.63) is 59.7 Å². The number of fused-ring (bicyclic) bond motifs is 1. The second kappa shape index (κ2) is 8.69. The van der Waals surface area contributed by atoms with Crippen LogP contribution in [0.5, 0.6) is 0 Å². The van der Waals surface area contributed by atoms with E-state index < -0.39 is 17.4 Å². The molecule has 4 amide bonds. The van der Waals surface area contributed by atoms with Gasteiger partial charge in [-0.15, -0.1) is 0 Å². The number of carbonyl (C=O) groups is 4. The van der Waals surface area contributed by atoms with Crippen molar-refractivity contribution in [2.75, 3.05) is 17.2 Å². The summed E-state index contributed by atoms with van der Waals surface area (Å²) in [6.07, 6.45) is 1.76. The maximum atomic E-state index is 13.0. The van der Waals surface area contributed by atoms with E-state index in [0.29, 0.717) is 22.5 Å². The van der Waals surface area contributed by atoms with Crippen molar-refractivity contribution in [3.8, 4) is 0 Å². The summed E-state index contributed by atoms with van der Waals surface area (Å²) in [5.74, 6) is -1.04. The maximum Gasteiger partial charge on any atom is 0.255 e. The summed E-state index contributed by atoms with van der Waals surface area (Å²) >= 11 is 0. The summed E-state index contributed by atoms with van der Waals surface area (Å²) in [6.45, 7) is 5.22. The van der Waals surface area contributed by atoms with Gasteiger partial charge >= 0.3 is 0 Å². The summed E-state index contributed by atoms with van der Waals surface area (Å²) in [4.78, 5) is 52.1. The SMILES string of the molecule is CC(C)(C)C(=O)Nc1cccc(NC(=O)CNC(=O)C2c3ccccc3C(=O)N2C2CC2)c1. The Morgan fingerprint density at radius 1 is 0.970 bits per heavy atom. The van der Waals surface area contributed by atoms with Crippen LogP contribution in [-0.4, -0.2) is 41.1 Å². The van der Waals surface area contributed by atoms with E-state index in [1.54, 1.807) is 53.4 Å². The quantitative estimate of drug-likeness (QED) is 0.631. The molecule has 8 nitrogen and oxygen atoms in total. The van der Waals surface area contributed by atoms with Crippen LogP contribution >= 0.6 is 0 Å². The number of rotatable bonds is 6. The predicted octanol–water partition coefficient (Wildman–Crippen LogP) is 3.09. The Hall–Kier alpha value is -3.68. The molecule has 1 aliphatic heterocycles. The van der Waals surface area contributed by atoms with Crippen molar-refractivity contribution in [1.82, 2.24) is 10.2 Å². The average molecular weight is 449 g/mol. The largest absolute Gasteiger partial charge is 0.345 e. The van der Waals surface area contributed by atoms with Gasteiger partial charge in [0, 0.05) is 28.4 Å². The topological polar surface area (TPSA) is 108 Å². The summed E-state index contributed by atoms with van der Waals surface area (Å²) in [7, 11) is 0. The van der Waals surface area contributed by atoms with Crippen molar-refractivity contribution in [2.45, 2.75) is 45.7 Å². The van der Waals surface area contributed by atoms with Crippen molar-refractivity contribution < 1.29 is 19.2 Å². The zero-order valence-corrected chi connectivity index (χ0v) is 19.0. The molecule has 1 unspecified atom stereocenters. The van der Waals surface area contributed by atoms with Gasteiger partial charge in [0.1, 0.15) is 6.04 Å². The fourth-order valence-corrected chi connectivity index (χ4v) is 3.80. The molecule has 1 fully saturated rings. The molecule has 2 aromatic carbocycles. The lowest BCUT2D eigenvalue weighted by Crippen LogP contribution is -2.42. The number of hydrogen-bond donors (Lipinski definition) is 3. The lowest BCUT2D eigenvalue weighted by molar-refractivity contribution is -0.127. The van der Waals surface area contributed by atoms with Gasteiger partial charge in [0.2, 0.25) is 17.7 Å². The highest BCUT2D eigenvalue weighted by Crippen LogP contribution is 2.41. The van der Waals surface area contributed by atoms with Crippen LogP contribution in [0.4, 0.5) is 11.4 Å². The maximum absolute atomic E-state index is 13.0. The van der Waals surface area contributed by atoms with E-state index in [0.717, 1.165) is 12.8 Å². The van der Waals surface area contributed by atoms with E-state index >= 15 is 0 Å². The fourth-order valence-electron chi connectivity index (χ4n) is 3.80. The molecule has 8 heteroatoms. The highest BCUT2D eigenvalue weighted by molar-refractivity contribution is 6.06. The lowest BCUT2D eigenvalue weighted by Gasteiger charge is -2.24. The third-order valence-corrected chi connectivity index (χ3v) is 5.70. The third kappa shape index (κ3) is 4.89. The van der Waals surface area contributed by atoms with Gasteiger partial charge in [0.15, 0.2) is 0 Å². The summed E-state index contributed by atoms with van der Waals surface area (Å²) in [6, 6.07) is 13.3. The minimum absolute atomic E-state index is 0.0699. The van der Waals surface area contributed by atoms with Gasteiger partial charge in [-0.2, -0.15) is 0 Å². The predicted molar refractivity (Wildman–Crippen MR) is 125 cm³/mol. The minimum atomic E-state index is -0.718. The molecule has 1 heterocycles. The van der Waals surface area contributed by atoms with Crippen LogP contribution in [0.25, 0.3) is 0 Å². The van der Waals surface area contributed by atoms with Crippen LogP contribution in [0.3, 0.4) is 0 Å². The number of nitrogens with zero attached hydrogens (tertiary/aromatic N) is 1. The standard InChI is InChI=1S/C25H28N4O4/c1-25(2,3)24(33)28-16-8-6-7-15(13-16)27-20(30)14-26-22(31)21-18-9-4-5-10-19(18)23(32)29(21)17-11-12-17/h4-10,13,17,21H,11-12,14H2,1-3H3,(H,26,31)(H,27,30)(H,28,33). The summed E-state index contributed by atoms with van der Waals surface area (Å²) < 4.78 is 0. The third-order valence-electron chi connectivity index (χ3n) is 5.70. The Morgan fingerprint density at radius 3 is 2.30 bits per heavy atom. The molecule has 0 saturated heterocycles. The molecular weight excluding hydrogens is 420 g/mol. The van der Waals surface area contributed by atoms with Gasteiger partial charge in [-0.1, -0.05) is 45.0 Å². The van der Waals surface area contributed by atoms with E-state index in [9.17, 15) is 19.2 Å². The molecule has 0 aromatic heterocycles. The normalized spacial score (nSPS) is 17.4. The van der Waals surface area contributed by atoms with E-state index in [4.69, 9.17) is 0 Å². The van der Waals surface area contributed by atoms with Crippen LogP contribution < -0.4 is 16.0 Å². The zero-order valence-electron chi connectivity index (χ0n) is 19.0. The van der Waals surface area contributed by atoms with Gasteiger partial charge in [0.25, 0.3) is 5.91 Å². The second-order valence-electron chi connectivity index (χ2n) is 9.48. The fraction of sp³-hybridized carbons (Fsp3) is 0.360. The number of hydrogen-bond acceptors (Lipinski definition) is 4. The van der Waals surface area contributed by atoms with Crippen LogP contribution in [0.1, 0.15) is 55.6 Å².